The van der Waals surface area contributed by atoms with Gasteiger partial charge in [0.15, 0.2) is 0 Å². The Morgan fingerprint density at radius 1 is 1.25 bits per heavy atom. The largest absolute Gasteiger partial charge is 0.316 e. The molecule has 2 saturated heterocycles. The second-order valence-electron chi connectivity index (χ2n) is 5.23. The van der Waals surface area contributed by atoms with E-state index in [9.17, 15) is 8.78 Å². The lowest BCUT2D eigenvalue weighted by Crippen LogP contribution is -2.55. The number of halogens is 2. The molecule has 2 rings (SSSR count). The zero-order chi connectivity index (χ0) is 11.1. The van der Waals surface area contributed by atoms with Gasteiger partial charge in [0.1, 0.15) is 0 Å². The SMILES string of the molecule is C.CC(C)N1CC[C@@]2(CNCCC2(F)F)C1. The van der Waals surface area contributed by atoms with E-state index in [1.807, 2.05) is 0 Å². The molecule has 0 unspecified atom stereocenters. The Morgan fingerprint density at radius 3 is 2.44 bits per heavy atom. The van der Waals surface area contributed by atoms with E-state index in [1.165, 1.54) is 0 Å². The van der Waals surface area contributed by atoms with Crippen molar-refractivity contribution in [2.75, 3.05) is 26.2 Å². The van der Waals surface area contributed by atoms with E-state index in [2.05, 4.69) is 24.1 Å². The molecule has 2 heterocycles. The third kappa shape index (κ3) is 2.09. The molecule has 1 atom stereocenters. The van der Waals surface area contributed by atoms with Crippen LogP contribution in [0.1, 0.15) is 34.1 Å². The standard InChI is InChI=1S/C11H20F2N2.CH4/c1-9(2)15-6-4-10(8-15)7-14-5-3-11(10,12)13;/h9,14H,3-8H2,1-2H3;1H4/t10-;/m1./s1. The van der Waals surface area contributed by atoms with Crippen molar-refractivity contribution in [1.82, 2.24) is 10.2 Å². The molecule has 16 heavy (non-hydrogen) atoms. The minimum absolute atomic E-state index is 0. The molecule has 2 aliphatic rings. The van der Waals surface area contributed by atoms with Crippen LogP contribution in [0.4, 0.5) is 8.78 Å². The first-order valence-corrected chi connectivity index (χ1v) is 5.79. The molecule has 2 aliphatic heterocycles. The maximum atomic E-state index is 13.9. The Kier molecular flexibility index (Phi) is 3.95. The van der Waals surface area contributed by atoms with E-state index in [0.29, 0.717) is 32.1 Å². The second kappa shape index (κ2) is 4.57. The predicted molar refractivity (Wildman–Crippen MR) is 62.9 cm³/mol. The minimum atomic E-state index is -2.48. The summed E-state index contributed by atoms with van der Waals surface area (Å²) in [6, 6.07) is 0.377. The summed E-state index contributed by atoms with van der Waals surface area (Å²) in [6.45, 7) is 6.44. The third-order valence-electron chi connectivity index (χ3n) is 3.97. The van der Waals surface area contributed by atoms with Crippen molar-refractivity contribution in [1.29, 1.82) is 0 Å². The lowest BCUT2D eigenvalue weighted by Gasteiger charge is -2.41. The van der Waals surface area contributed by atoms with Crippen molar-refractivity contribution >= 4 is 0 Å². The Morgan fingerprint density at radius 2 is 1.94 bits per heavy atom. The summed E-state index contributed by atoms with van der Waals surface area (Å²) in [6.07, 6.45) is 0.629. The highest BCUT2D eigenvalue weighted by Crippen LogP contribution is 2.47. The van der Waals surface area contributed by atoms with Gasteiger partial charge in [-0.25, -0.2) is 8.78 Å². The molecule has 2 fully saturated rings. The van der Waals surface area contributed by atoms with Gasteiger partial charge in [0.05, 0.1) is 5.41 Å². The van der Waals surface area contributed by atoms with Crippen LogP contribution in [-0.2, 0) is 0 Å². The van der Waals surface area contributed by atoms with Gasteiger partial charge < -0.3 is 10.2 Å². The molecule has 4 heteroatoms. The Hall–Kier alpha value is -0.220. The number of nitrogens with one attached hydrogen (secondary N) is 1. The van der Waals surface area contributed by atoms with Crippen LogP contribution in [0.3, 0.4) is 0 Å². The summed E-state index contributed by atoms with van der Waals surface area (Å²) in [4.78, 5) is 2.17. The van der Waals surface area contributed by atoms with Crippen LogP contribution >= 0.6 is 0 Å². The van der Waals surface area contributed by atoms with Gasteiger partial charge in [-0.2, -0.15) is 0 Å². The summed E-state index contributed by atoms with van der Waals surface area (Å²) < 4.78 is 27.9. The summed E-state index contributed by atoms with van der Waals surface area (Å²) in [5.74, 6) is -2.48. The Labute approximate surface area is 97.4 Å². The number of hydrogen-bond acceptors (Lipinski definition) is 2. The summed E-state index contributed by atoms with van der Waals surface area (Å²) in [7, 11) is 0. The third-order valence-corrected chi connectivity index (χ3v) is 3.97. The van der Waals surface area contributed by atoms with Crippen molar-refractivity contribution in [3.8, 4) is 0 Å². The van der Waals surface area contributed by atoms with Crippen molar-refractivity contribution in [3.63, 3.8) is 0 Å². The van der Waals surface area contributed by atoms with Crippen molar-refractivity contribution < 1.29 is 8.78 Å². The van der Waals surface area contributed by atoms with Crippen molar-refractivity contribution in [2.24, 2.45) is 5.41 Å². The Balaban J connectivity index is 0.00000128. The highest BCUT2D eigenvalue weighted by molar-refractivity contribution is 5.03. The van der Waals surface area contributed by atoms with Gasteiger partial charge in [-0.15, -0.1) is 0 Å². The first kappa shape index (κ1) is 13.8. The van der Waals surface area contributed by atoms with Crippen LogP contribution < -0.4 is 5.32 Å². The highest BCUT2D eigenvalue weighted by atomic mass is 19.3. The first-order valence-electron chi connectivity index (χ1n) is 5.79. The number of rotatable bonds is 1. The number of alkyl halides is 2. The zero-order valence-electron chi connectivity index (χ0n) is 9.52. The highest BCUT2D eigenvalue weighted by Gasteiger charge is 2.57. The van der Waals surface area contributed by atoms with E-state index in [0.717, 1.165) is 6.54 Å². The maximum absolute atomic E-state index is 13.9. The van der Waals surface area contributed by atoms with Gasteiger partial charge in [0.25, 0.3) is 5.92 Å². The van der Waals surface area contributed by atoms with Gasteiger partial charge in [0.2, 0.25) is 0 Å². The average Bonchev–Trinajstić information content (AvgIpc) is 2.57. The van der Waals surface area contributed by atoms with E-state index in [-0.39, 0.29) is 13.8 Å². The van der Waals surface area contributed by atoms with Crippen LogP contribution in [0.15, 0.2) is 0 Å². The van der Waals surface area contributed by atoms with Gasteiger partial charge in [-0.3, -0.25) is 0 Å². The van der Waals surface area contributed by atoms with Crippen molar-refractivity contribution in [3.05, 3.63) is 0 Å². The van der Waals surface area contributed by atoms with Gasteiger partial charge >= 0.3 is 0 Å². The molecule has 0 aromatic carbocycles. The topological polar surface area (TPSA) is 15.3 Å². The molecule has 0 amide bonds. The van der Waals surface area contributed by atoms with E-state index in [4.69, 9.17) is 0 Å². The molecule has 2 nitrogen and oxygen atoms in total. The second-order valence-corrected chi connectivity index (χ2v) is 5.23. The molecule has 0 aliphatic carbocycles. The average molecular weight is 234 g/mol. The van der Waals surface area contributed by atoms with E-state index >= 15 is 0 Å². The molecule has 96 valence electrons. The molecular weight excluding hydrogens is 210 g/mol. The summed E-state index contributed by atoms with van der Waals surface area (Å²) >= 11 is 0. The first-order chi connectivity index (χ1) is 6.97. The number of nitrogens with zero attached hydrogens (tertiary/aromatic N) is 1. The quantitative estimate of drug-likeness (QED) is 0.749. The molecule has 0 bridgehead atoms. The molecule has 1 N–H and O–H groups in total. The molecule has 0 radical (unpaired) electrons. The van der Waals surface area contributed by atoms with Crippen LogP contribution in [0.25, 0.3) is 0 Å². The molecule has 0 aromatic heterocycles. The van der Waals surface area contributed by atoms with Crippen LogP contribution in [0.5, 0.6) is 0 Å². The fraction of sp³-hybridized carbons (Fsp3) is 1.00. The van der Waals surface area contributed by atoms with Crippen molar-refractivity contribution in [2.45, 2.75) is 46.1 Å². The van der Waals surface area contributed by atoms with Crippen LogP contribution in [0.2, 0.25) is 0 Å². The molecule has 0 aromatic rings. The molecule has 1 spiro atoms. The lowest BCUT2D eigenvalue weighted by atomic mass is 9.76. The lowest BCUT2D eigenvalue weighted by molar-refractivity contribution is -0.136. The normalized spacial score (nSPS) is 34.3. The molecular formula is C12H24F2N2. The molecule has 0 saturated carbocycles. The zero-order valence-corrected chi connectivity index (χ0v) is 9.52. The monoisotopic (exact) mass is 234 g/mol. The fourth-order valence-electron chi connectivity index (χ4n) is 2.76. The van der Waals surface area contributed by atoms with E-state index < -0.39 is 11.3 Å². The van der Waals surface area contributed by atoms with E-state index in [1.54, 1.807) is 0 Å². The van der Waals surface area contributed by atoms with Gasteiger partial charge in [-0.1, -0.05) is 7.43 Å². The van der Waals surface area contributed by atoms with Crippen LogP contribution in [0, 0.1) is 5.41 Å². The number of likely N-dealkylation sites (tertiary alicyclic amines) is 1. The van der Waals surface area contributed by atoms with Crippen LogP contribution in [-0.4, -0.2) is 43.0 Å². The summed E-state index contributed by atoms with van der Waals surface area (Å²) in [5.41, 5.74) is -0.796. The minimum Gasteiger partial charge on any atom is -0.316 e. The summed E-state index contributed by atoms with van der Waals surface area (Å²) in [5, 5.41) is 3.13. The number of piperidine rings is 1. The number of hydrogen-bond donors (Lipinski definition) is 1. The Bertz CT molecular complexity index is 243. The van der Waals surface area contributed by atoms with Gasteiger partial charge in [-0.05, 0) is 26.8 Å². The smallest absolute Gasteiger partial charge is 0.257 e. The van der Waals surface area contributed by atoms with Gasteiger partial charge in [0, 0.05) is 32.1 Å². The predicted octanol–water partition coefficient (Wildman–Crippen LogP) is 2.35. The maximum Gasteiger partial charge on any atom is 0.257 e. The fourth-order valence-corrected chi connectivity index (χ4v) is 2.76.